The molecule has 2 aromatic rings. The molecule has 1 saturated heterocycles. The molecule has 4 rings (SSSR count). The van der Waals surface area contributed by atoms with Crippen LogP contribution < -0.4 is 5.32 Å². The minimum atomic E-state index is -0.759. The van der Waals surface area contributed by atoms with Crippen LogP contribution in [0.1, 0.15) is 35.4 Å². The Labute approximate surface area is 143 Å². The molecule has 2 amide bonds. The number of carbonyl (C=O) groups excluding carboxylic acids is 2. The number of hydrogen-bond donors (Lipinski definition) is 1. The number of hydrogen-bond acceptors (Lipinski definition) is 2. The van der Waals surface area contributed by atoms with Crippen molar-refractivity contribution in [2.24, 2.45) is 0 Å². The fourth-order valence-electron chi connectivity index (χ4n) is 3.86. The lowest BCUT2D eigenvalue weighted by molar-refractivity contribution is -0.126. The van der Waals surface area contributed by atoms with Crippen LogP contribution in [0.2, 0.25) is 10.0 Å². The molecule has 23 heavy (non-hydrogen) atoms. The molecule has 0 saturated carbocycles. The maximum absolute atomic E-state index is 12.5. The van der Waals surface area contributed by atoms with Crippen LogP contribution in [0.4, 0.5) is 0 Å². The van der Waals surface area contributed by atoms with Crippen LogP contribution in [0.25, 0.3) is 0 Å². The standard InChI is InChI=1S/C18H13Cl2NO2/c19-14-6-5-10(7-15(14)20)12-8-18(9-16(22)21-17(18)23)13-4-2-1-3-11(12)13/h1-7,12H,8-9H2,(H,21,22,23)/t12-,18+/m0/s1. The zero-order chi connectivity index (χ0) is 16.2. The Morgan fingerprint density at radius 2 is 1.83 bits per heavy atom. The first-order valence-electron chi connectivity index (χ1n) is 7.40. The smallest absolute Gasteiger partial charge is 0.237 e. The lowest BCUT2D eigenvalue weighted by Gasteiger charge is -2.20. The van der Waals surface area contributed by atoms with Gasteiger partial charge in [0.05, 0.1) is 15.5 Å². The van der Waals surface area contributed by atoms with Gasteiger partial charge in [-0.2, -0.15) is 0 Å². The van der Waals surface area contributed by atoms with Gasteiger partial charge in [0.1, 0.15) is 0 Å². The molecule has 1 heterocycles. The highest BCUT2D eigenvalue weighted by molar-refractivity contribution is 6.42. The van der Waals surface area contributed by atoms with Gasteiger partial charge in [-0.15, -0.1) is 0 Å². The summed E-state index contributed by atoms with van der Waals surface area (Å²) >= 11 is 12.2. The van der Waals surface area contributed by atoms with Gasteiger partial charge in [0.2, 0.25) is 11.8 Å². The molecule has 2 aromatic carbocycles. The third-order valence-corrected chi connectivity index (χ3v) is 5.64. The zero-order valence-electron chi connectivity index (χ0n) is 12.1. The lowest BCUT2D eigenvalue weighted by Crippen LogP contribution is -2.33. The largest absolute Gasteiger partial charge is 0.296 e. The summed E-state index contributed by atoms with van der Waals surface area (Å²) in [5.74, 6) is -0.380. The Hall–Kier alpha value is -1.84. The predicted molar refractivity (Wildman–Crippen MR) is 88.8 cm³/mol. The molecule has 0 aromatic heterocycles. The van der Waals surface area contributed by atoms with E-state index < -0.39 is 5.41 Å². The maximum atomic E-state index is 12.5. The van der Waals surface area contributed by atoms with Crippen LogP contribution in [0.15, 0.2) is 42.5 Å². The molecule has 2 aliphatic rings. The van der Waals surface area contributed by atoms with Gasteiger partial charge in [-0.1, -0.05) is 53.5 Å². The molecule has 1 N–H and O–H groups in total. The van der Waals surface area contributed by atoms with E-state index in [1.807, 2.05) is 36.4 Å². The van der Waals surface area contributed by atoms with E-state index in [2.05, 4.69) is 5.32 Å². The van der Waals surface area contributed by atoms with E-state index in [0.29, 0.717) is 16.5 Å². The molecule has 5 heteroatoms. The molecule has 1 aliphatic carbocycles. The minimum absolute atomic E-state index is 0.0256. The first kappa shape index (κ1) is 14.7. The highest BCUT2D eigenvalue weighted by Crippen LogP contribution is 2.52. The van der Waals surface area contributed by atoms with E-state index >= 15 is 0 Å². The molecule has 116 valence electrons. The third kappa shape index (κ3) is 2.11. The monoisotopic (exact) mass is 345 g/mol. The van der Waals surface area contributed by atoms with E-state index in [9.17, 15) is 9.59 Å². The number of carbonyl (C=O) groups is 2. The van der Waals surface area contributed by atoms with Gasteiger partial charge in [-0.3, -0.25) is 14.9 Å². The summed E-state index contributed by atoms with van der Waals surface area (Å²) in [6.07, 6.45) is 0.780. The molecule has 0 unspecified atom stereocenters. The second-order valence-corrected chi connectivity index (χ2v) is 6.97. The lowest BCUT2D eigenvalue weighted by atomic mass is 9.79. The Bertz CT molecular complexity index is 849. The summed E-state index contributed by atoms with van der Waals surface area (Å²) in [4.78, 5) is 24.3. The normalized spacial score (nSPS) is 25.7. The second kappa shape index (κ2) is 5.08. The van der Waals surface area contributed by atoms with Crippen LogP contribution in [0.5, 0.6) is 0 Å². The third-order valence-electron chi connectivity index (χ3n) is 4.90. The number of benzene rings is 2. The predicted octanol–water partition coefficient (Wildman–Crippen LogP) is 3.81. The van der Waals surface area contributed by atoms with Crippen molar-refractivity contribution in [3.05, 3.63) is 69.2 Å². The van der Waals surface area contributed by atoms with Crippen molar-refractivity contribution < 1.29 is 9.59 Å². The van der Waals surface area contributed by atoms with Crippen molar-refractivity contribution in [3.63, 3.8) is 0 Å². The number of rotatable bonds is 1. The molecule has 1 spiro atoms. The molecule has 3 nitrogen and oxygen atoms in total. The number of nitrogens with one attached hydrogen (secondary N) is 1. The highest BCUT2D eigenvalue weighted by Gasteiger charge is 2.54. The Balaban J connectivity index is 1.86. The van der Waals surface area contributed by atoms with Crippen LogP contribution >= 0.6 is 23.2 Å². The topological polar surface area (TPSA) is 46.2 Å². The molecular weight excluding hydrogens is 333 g/mol. The summed E-state index contributed by atoms with van der Waals surface area (Å²) < 4.78 is 0. The van der Waals surface area contributed by atoms with E-state index in [-0.39, 0.29) is 24.2 Å². The van der Waals surface area contributed by atoms with Gasteiger partial charge >= 0.3 is 0 Å². The molecule has 1 aliphatic heterocycles. The first-order valence-corrected chi connectivity index (χ1v) is 8.15. The van der Waals surface area contributed by atoms with Crippen molar-refractivity contribution in [3.8, 4) is 0 Å². The number of halogens is 2. The average molecular weight is 346 g/mol. The summed E-state index contributed by atoms with van der Waals surface area (Å²) in [7, 11) is 0. The van der Waals surface area contributed by atoms with Gasteiger partial charge in [-0.05, 0) is 35.2 Å². The number of imide groups is 1. The van der Waals surface area contributed by atoms with E-state index in [1.54, 1.807) is 6.07 Å². The van der Waals surface area contributed by atoms with E-state index in [1.165, 1.54) is 0 Å². The van der Waals surface area contributed by atoms with E-state index in [4.69, 9.17) is 23.2 Å². The first-order chi connectivity index (χ1) is 11.0. The minimum Gasteiger partial charge on any atom is -0.296 e. The Morgan fingerprint density at radius 3 is 2.52 bits per heavy atom. The molecule has 0 bridgehead atoms. The maximum Gasteiger partial charge on any atom is 0.237 e. The molecule has 0 radical (unpaired) electrons. The number of amides is 2. The fraction of sp³-hybridized carbons (Fsp3) is 0.222. The van der Waals surface area contributed by atoms with Crippen molar-refractivity contribution in [1.29, 1.82) is 0 Å². The van der Waals surface area contributed by atoms with Crippen molar-refractivity contribution >= 4 is 35.0 Å². The molecule has 1 fully saturated rings. The zero-order valence-corrected chi connectivity index (χ0v) is 13.6. The van der Waals surface area contributed by atoms with Crippen LogP contribution in [0, 0.1) is 0 Å². The second-order valence-electron chi connectivity index (χ2n) is 6.15. The molecular formula is C18H13Cl2NO2. The van der Waals surface area contributed by atoms with Gasteiger partial charge in [0.15, 0.2) is 0 Å². The van der Waals surface area contributed by atoms with Gasteiger partial charge in [0.25, 0.3) is 0 Å². The fourth-order valence-corrected chi connectivity index (χ4v) is 4.17. The Morgan fingerprint density at radius 1 is 1.04 bits per heavy atom. The SMILES string of the molecule is O=C1C[C@@]2(C[C@@H](c3ccc(Cl)c(Cl)c3)c3ccccc32)C(=O)N1. The van der Waals surface area contributed by atoms with Gasteiger partial charge in [0, 0.05) is 12.3 Å². The summed E-state index contributed by atoms with van der Waals surface area (Å²) in [6, 6.07) is 13.4. The van der Waals surface area contributed by atoms with E-state index in [0.717, 1.165) is 16.7 Å². The van der Waals surface area contributed by atoms with Crippen molar-refractivity contribution in [2.75, 3.05) is 0 Å². The quantitative estimate of drug-likeness (QED) is 0.798. The van der Waals surface area contributed by atoms with Crippen LogP contribution in [-0.4, -0.2) is 11.8 Å². The van der Waals surface area contributed by atoms with Crippen molar-refractivity contribution in [1.82, 2.24) is 5.32 Å². The van der Waals surface area contributed by atoms with Crippen LogP contribution in [0.3, 0.4) is 0 Å². The summed E-state index contributed by atoms with van der Waals surface area (Å²) in [5, 5.41) is 3.46. The molecule has 2 atom stereocenters. The summed E-state index contributed by atoms with van der Waals surface area (Å²) in [5.41, 5.74) is 2.27. The van der Waals surface area contributed by atoms with Gasteiger partial charge < -0.3 is 0 Å². The number of fused-ring (bicyclic) bond motifs is 2. The Kier molecular flexibility index (Phi) is 3.26. The summed E-state index contributed by atoms with van der Waals surface area (Å²) in [6.45, 7) is 0. The van der Waals surface area contributed by atoms with Crippen LogP contribution in [-0.2, 0) is 15.0 Å². The highest BCUT2D eigenvalue weighted by atomic mass is 35.5. The average Bonchev–Trinajstić information content (AvgIpc) is 3.01. The van der Waals surface area contributed by atoms with Crippen molar-refractivity contribution in [2.45, 2.75) is 24.2 Å². The van der Waals surface area contributed by atoms with Gasteiger partial charge in [-0.25, -0.2) is 0 Å².